The normalized spacial score (nSPS) is 10.5. The maximum absolute atomic E-state index is 12.0. The van der Waals surface area contributed by atoms with Crippen molar-refractivity contribution < 1.29 is 18.8 Å². The van der Waals surface area contributed by atoms with Crippen molar-refractivity contribution in [3.63, 3.8) is 0 Å². The first-order valence-electron chi connectivity index (χ1n) is 6.34. The number of hydrogen-bond donors (Lipinski definition) is 1. The van der Waals surface area contributed by atoms with Gasteiger partial charge in [-0.2, -0.15) is 0 Å². The number of nitrogens with zero attached hydrogens (tertiary/aromatic N) is 1. The molecule has 1 rings (SSSR count). The molecule has 20 heavy (non-hydrogen) atoms. The summed E-state index contributed by atoms with van der Waals surface area (Å²) in [6, 6.07) is 4.76. The molecular weight excluding hydrogens is 267 g/mol. The summed E-state index contributed by atoms with van der Waals surface area (Å²) in [4.78, 5) is 10.5. The molecule has 0 atom stereocenters. The Morgan fingerprint density at radius 3 is 2.85 bits per heavy atom. The van der Waals surface area contributed by atoms with Crippen LogP contribution in [-0.4, -0.2) is 38.5 Å². The van der Waals surface area contributed by atoms with Crippen LogP contribution in [0.1, 0.15) is 12.0 Å². The summed E-state index contributed by atoms with van der Waals surface area (Å²) in [7, 11) is 1.61. The summed E-state index contributed by atoms with van der Waals surface area (Å²) < 4.78 is 22.1. The standard InChI is InChI=1S/C13H19FN2O4/c1-19-8-6-15-10-11-3-4-13(20-7-2-5-14)12(9-11)16(17)18/h3-4,9,15H,2,5-8,10H2,1H3. The molecule has 0 unspecified atom stereocenters. The molecule has 112 valence electrons. The van der Waals surface area contributed by atoms with Gasteiger partial charge in [0.15, 0.2) is 5.75 Å². The zero-order valence-electron chi connectivity index (χ0n) is 11.4. The Morgan fingerprint density at radius 2 is 2.20 bits per heavy atom. The van der Waals surface area contributed by atoms with E-state index in [9.17, 15) is 14.5 Å². The van der Waals surface area contributed by atoms with Crippen LogP contribution in [0.25, 0.3) is 0 Å². The number of methoxy groups -OCH3 is 1. The predicted molar refractivity (Wildman–Crippen MR) is 72.8 cm³/mol. The van der Waals surface area contributed by atoms with Gasteiger partial charge in [0.1, 0.15) is 0 Å². The highest BCUT2D eigenvalue weighted by atomic mass is 19.1. The third-order valence-corrected chi connectivity index (χ3v) is 2.57. The topological polar surface area (TPSA) is 73.6 Å². The lowest BCUT2D eigenvalue weighted by Crippen LogP contribution is -2.18. The molecule has 0 spiro atoms. The van der Waals surface area contributed by atoms with Gasteiger partial charge in [0.05, 0.1) is 24.8 Å². The Balaban J connectivity index is 2.66. The fourth-order valence-electron chi connectivity index (χ4n) is 1.58. The van der Waals surface area contributed by atoms with E-state index < -0.39 is 11.6 Å². The predicted octanol–water partition coefficient (Wildman–Crippen LogP) is 2.07. The van der Waals surface area contributed by atoms with Crippen LogP contribution in [-0.2, 0) is 11.3 Å². The van der Waals surface area contributed by atoms with Crippen molar-refractivity contribution in [2.45, 2.75) is 13.0 Å². The van der Waals surface area contributed by atoms with Gasteiger partial charge in [-0.1, -0.05) is 6.07 Å². The Hall–Kier alpha value is -1.73. The highest BCUT2D eigenvalue weighted by Gasteiger charge is 2.15. The minimum absolute atomic E-state index is 0.102. The number of rotatable bonds is 10. The van der Waals surface area contributed by atoms with E-state index in [-0.39, 0.29) is 24.5 Å². The van der Waals surface area contributed by atoms with Crippen LogP contribution in [0.4, 0.5) is 10.1 Å². The number of nitrogens with one attached hydrogen (secondary N) is 1. The lowest BCUT2D eigenvalue weighted by molar-refractivity contribution is -0.385. The zero-order valence-corrected chi connectivity index (χ0v) is 11.4. The van der Waals surface area contributed by atoms with Gasteiger partial charge in [-0.3, -0.25) is 14.5 Å². The van der Waals surface area contributed by atoms with Gasteiger partial charge in [-0.25, -0.2) is 0 Å². The second-order valence-corrected chi connectivity index (χ2v) is 4.12. The first-order valence-corrected chi connectivity index (χ1v) is 6.34. The van der Waals surface area contributed by atoms with Crippen molar-refractivity contribution >= 4 is 5.69 Å². The SMILES string of the molecule is COCCNCc1ccc(OCCCF)c([N+](=O)[O-])c1. The molecule has 7 heteroatoms. The van der Waals surface area contributed by atoms with Crippen molar-refractivity contribution in [1.82, 2.24) is 5.32 Å². The molecule has 0 radical (unpaired) electrons. The first-order chi connectivity index (χ1) is 9.69. The molecule has 0 amide bonds. The zero-order chi connectivity index (χ0) is 14.8. The van der Waals surface area contributed by atoms with E-state index in [1.807, 2.05) is 0 Å². The van der Waals surface area contributed by atoms with Crippen LogP contribution < -0.4 is 10.1 Å². The van der Waals surface area contributed by atoms with E-state index in [1.165, 1.54) is 6.07 Å². The molecule has 0 bridgehead atoms. The van der Waals surface area contributed by atoms with Crippen LogP contribution >= 0.6 is 0 Å². The number of hydrogen-bond acceptors (Lipinski definition) is 5. The maximum atomic E-state index is 12.0. The van der Waals surface area contributed by atoms with Crippen molar-refractivity contribution in [2.75, 3.05) is 33.5 Å². The summed E-state index contributed by atoms with van der Waals surface area (Å²) in [5.41, 5.74) is 0.681. The molecule has 6 nitrogen and oxygen atoms in total. The Labute approximate surface area is 117 Å². The summed E-state index contributed by atoms with van der Waals surface area (Å²) in [6.07, 6.45) is 0.220. The first kappa shape index (κ1) is 16.3. The van der Waals surface area contributed by atoms with Crippen LogP contribution in [0.5, 0.6) is 5.75 Å². The highest BCUT2D eigenvalue weighted by molar-refractivity contribution is 5.48. The third kappa shape index (κ3) is 5.50. The van der Waals surface area contributed by atoms with Gasteiger partial charge in [-0.15, -0.1) is 0 Å². The minimum atomic E-state index is -0.505. The Morgan fingerprint density at radius 1 is 1.40 bits per heavy atom. The number of nitro benzene ring substituents is 1. The highest BCUT2D eigenvalue weighted by Crippen LogP contribution is 2.28. The summed E-state index contributed by atoms with van der Waals surface area (Å²) in [5, 5.41) is 14.1. The molecule has 0 aromatic heterocycles. The van der Waals surface area contributed by atoms with E-state index >= 15 is 0 Å². The monoisotopic (exact) mass is 286 g/mol. The molecule has 0 saturated carbocycles. The Bertz CT molecular complexity index is 429. The minimum Gasteiger partial charge on any atom is -0.487 e. The molecular formula is C13H19FN2O4. The molecule has 1 aromatic rings. The van der Waals surface area contributed by atoms with Crippen molar-refractivity contribution in [2.24, 2.45) is 0 Å². The second-order valence-electron chi connectivity index (χ2n) is 4.12. The molecule has 0 heterocycles. The van der Waals surface area contributed by atoms with Crippen molar-refractivity contribution in [1.29, 1.82) is 0 Å². The molecule has 1 aromatic carbocycles. The number of benzene rings is 1. The van der Waals surface area contributed by atoms with E-state index in [0.717, 1.165) is 5.56 Å². The van der Waals surface area contributed by atoms with Crippen molar-refractivity contribution in [3.05, 3.63) is 33.9 Å². The summed E-state index contributed by atoms with van der Waals surface area (Å²) in [6.45, 7) is 1.37. The second kappa shape index (κ2) is 9.22. The van der Waals surface area contributed by atoms with Gasteiger partial charge in [0.25, 0.3) is 0 Å². The molecule has 0 aliphatic heterocycles. The van der Waals surface area contributed by atoms with Crippen LogP contribution in [0, 0.1) is 10.1 Å². The average molecular weight is 286 g/mol. The molecule has 0 fully saturated rings. The maximum Gasteiger partial charge on any atom is 0.311 e. The van der Waals surface area contributed by atoms with E-state index in [1.54, 1.807) is 19.2 Å². The number of nitro groups is 1. The van der Waals surface area contributed by atoms with Crippen LogP contribution in [0.15, 0.2) is 18.2 Å². The summed E-state index contributed by atoms with van der Waals surface area (Å²) >= 11 is 0. The molecule has 0 saturated heterocycles. The summed E-state index contributed by atoms with van der Waals surface area (Å²) in [5.74, 6) is 0.170. The van der Waals surface area contributed by atoms with E-state index in [2.05, 4.69) is 5.32 Å². The average Bonchev–Trinajstić information content (AvgIpc) is 2.44. The number of ether oxygens (including phenoxy) is 2. The Kier molecular flexibility index (Phi) is 7.52. The lowest BCUT2D eigenvalue weighted by atomic mass is 10.2. The molecule has 1 N–H and O–H groups in total. The fourth-order valence-corrected chi connectivity index (χ4v) is 1.58. The largest absolute Gasteiger partial charge is 0.487 e. The van der Waals surface area contributed by atoms with E-state index in [0.29, 0.717) is 19.7 Å². The molecule has 0 aliphatic carbocycles. The molecule has 0 aliphatic rings. The van der Waals surface area contributed by atoms with E-state index in [4.69, 9.17) is 9.47 Å². The van der Waals surface area contributed by atoms with Crippen LogP contribution in [0.3, 0.4) is 0 Å². The number of alkyl halides is 1. The van der Waals surface area contributed by atoms with Gasteiger partial charge in [0, 0.05) is 32.7 Å². The van der Waals surface area contributed by atoms with Crippen LogP contribution in [0.2, 0.25) is 0 Å². The smallest absolute Gasteiger partial charge is 0.311 e. The van der Waals surface area contributed by atoms with Gasteiger partial charge >= 0.3 is 5.69 Å². The quantitative estimate of drug-likeness (QED) is 0.405. The number of halogens is 1. The van der Waals surface area contributed by atoms with Gasteiger partial charge in [-0.05, 0) is 11.6 Å². The van der Waals surface area contributed by atoms with Gasteiger partial charge in [0.2, 0.25) is 0 Å². The van der Waals surface area contributed by atoms with Crippen molar-refractivity contribution in [3.8, 4) is 5.75 Å². The lowest BCUT2D eigenvalue weighted by Gasteiger charge is -2.08. The van der Waals surface area contributed by atoms with Gasteiger partial charge < -0.3 is 14.8 Å². The third-order valence-electron chi connectivity index (χ3n) is 2.57. The fraction of sp³-hybridized carbons (Fsp3) is 0.538.